The molecule has 1 aromatic rings. The zero-order valence-electron chi connectivity index (χ0n) is 7.53. The van der Waals surface area contributed by atoms with Crippen molar-refractivity contribution < 1.29 is 5.11 Å². The summed E-state index contributed by atoms with van der Waals surface area (Å²) in [6, 6.07) is 5.77. The zero-order valence-corrected chi connectivity index (χ0v) is 8.34. The number of benzene rings is 1. The van der Waals surface area contributed by atoms with Gasteiger partial charge in [0.05, 0.1) is 0 Å². The quantitative estimate of drug-likeness (QED) is 0.719. The number of hydrogen-bond acceptors (Lipinski definition) is 3. The number of phenolic OH excluding ortho intramolecular Hbond substituents is 1. The van der Waals surface area contributed by atoms with Crippen molar-refractivity contribution in [2.24, 2.45) is 5.73 Å². The summed E-state index contributed by atoms with van der Waals surface area (Å²) in [7, 11) is 0. The van der Waals surface area contributed by atoms with Crippen LogP contribution in [0, 0.1) is 0 Å². The lowest BCUT2D eigenvalue weighted by molar-refractivity contribution is 0.456. The molecule has 2 nitrogen and oxygen atoms in total. The highest BCUT2D eigenvalue weighted by Gasteiger charge is 2.28. The van der Waals surface area contributed by atoms with E-state index in [0.29, 0.717) is 11.7 Å². The molecule has 2 atom stereocenters. The molecule has 0 saturated heterocycles. The van der Waals surface area contributed by atoms with E-state index in [1.165, 1.54) is 4.90 Å². The molecular weight excluding hydrogens is 182 g/mol. The Labute approximate surface area is 82.1 Å². The van der Waals surface area contributed by atoms with E-state index >= 15 is 0 Å². The summed E-state index contributed by atoms with van der Waals surface area (Å²) in [5.74, 6) is 1.69. The summed E-state index contributed by atoms with van der Waals surface area (Å²) in [5.41, 5.74) is 6.90. The van der Waals surface area contributed by atoms with Gasteiger partial charge in [0, 0.05) is 28.2 Å². The van der Waals surface area contributed by atoms with Crippen LogP contribution >= 0.6 is 11.8 Å². The van der Waals surface area contributed by atoms with Gasteiger partial charge in [0.1, 0.15) is 5.75 Å². The molecule has 0 aromatic heterocycles. The van der Waals surface area contributed by atoms with Crippen molar-refractivity contribution in [2.45, 2.75) is 23.8 Å². The average Bonchev–Trinajstić information content (AvgIpc) is 2.49. The molecule has 1 heterocycles. The Hall–Kier alpha value is -0.670. The third-order valence-corrected chi connectivity index (χ3v) is 3.66. The Morgan fingerprint density at radius 2 is 2.38 bits per heavy atom. The van der Waals surface area contributed by atoms with Crippen molar-refractivity contribution in [3.8, 4) is 5.75 Å². The zero-order chi connectivity index (χ0) is 9.42. The van der Waals surface area contributed by atoms with Crippen LogP contribution in [-0.4, -0.2) is 16.9 Å². The van der Waals surface area contributed by atoms with Gasteiger partial charge < -0.3 is 10.8 Å². The molecule has 0 saturated carbocycles. The lowest BCUT2D eigenvalue weighted by atomic mass is 9.94. The van der Waals surface area contributed by atoms with Crippen LogP contribution in [0.4, 0.5) is 0 Å². The summed E-state index contributed by atoms with van der Waals surface area (Å²) in [6.45, 7) is 1.99. The molecule has 3 heteroatoms. The second-order valence-corrected chi connectivity index (χ2v) is 4.53. The Balaban J connectivity index is 2.46. The van der Waals surface area contributed by atoms with E-state index in [-0.39, 0.29) is 6.04 Å². The smallest absolute Gasteiger partial charge is 0.120 e. The first-order chi connectivity index (χ1) is 6.20. The van der Waals surface area contributed by atoms with E-state index in [1.807, 2.05) is 19.1 Å². The number of thioether (sulfide) groups is 1. The van der Waals surface area contributed by atoms with Gasteiger partial charge >= 0.3 is 0 Å². The molecule has 2 unspecified atom stereocenters. The second-order valence-electron chi connectivity index (χ2n) is 3.47. The maximum absolute atomic E-state index is 9.68. The third-order valence-electron chi connectivity index (χ3n) is 2.47. The number of nitrogens with two attached hydrogens (primary N) is 1. The molecule has 0 radical (unpaired) electrons. The van der Waals surface area contributed by atoms with E-state index in [4.69, 9.17) is 5.73 Å². The first-order valence-electron chi connectivity index (χ1n) is 4.40. The second kappa shape index (κ2) is 3.24. The Morgan fingerprint density at radius 1 is 1.62 bits per heavy atom. The standard InChI is InChI=1S/C10H13NOS/c1-6(11)7-5-13-9-4-2-3-8(12)10(7)9/h2-4,6-7,12H,5,11H2,1H3. The number of fused-ring (bicyclic) bond motifs is 1. The fourth-order valence-corrected chi connectivity index (χ4v) is 3.12. The number of hydrogen-bond donors (Lipinski definition) is 2. The highest BCUT2D eigenvalue weighted by molar-refractivity contribution is 7.99. The van der Waals surface area contributed by atoms with Gasteiger partial charge in [-0.25, -0.2) is 0 Å². The maximum Gasteiger partial charge on any atom is 0.120 e. The number of aromatic hydroxyl groups is 1. The highest BCUT2D eigenvalue weighted by Crippen LogP contribution is 2.44. The van der Waals surface area contributed by atoms with Gasteiger partial charge in [0.2, 0.25) is 0 Å². The van der Waals surface area contributed by atoms with Gasteiger partial charge in [0.25, 0.3) is 0 Å². The summed E-state index contributed by atoms with van der Waals surface area (Å²) >= 11 is 1.78. The first-order valence-corrected chi connectivity index (χ1v) is 5.39. The molecule has 0 aliphatic carbocycles. The van der Waals surface area contributed by atoms with Crippen molar-refractivity contribution in [1.29, 1.82) is 0 Å². The molecule has 13 heavy (non-hydrogen) atoms. The van der Waals surface area contributed by atoms with Crippen LogP contribution in [0.3, 0.4) is 0 Å². The molecule has 1 aliphatic heterocycles. The highest BCUT2D eigenvalue weighted by atomic mass is 32.2. The minimum Gasteiger partial charge on any atom is -0.508 e. The van der Waals surface area contributed by atoms with Crippen LogP contribution in [0.5, 0.6) is 5.75 Å². The van der Waals surface area contributed by atoms with E-state index in [2.05, 4.69) is 0 Å². The normalized spacial score (nSPS) is 22.8. The predicted molar refractivity (Wildman–Crippen MR) is 55.2 cm³/mol. The summed E-state index contributed by atoms with van der Waals surface area (Å²) in [6.07, 6.45) is 0. The predicted octanol–water partition coefficient (Wildman–Crippen LogP) is 1.93. The monoisotopic (exact) mass is 195 g/mol. The summed E-state index contributed by atoms with van der Waals surface area (Å²) in [5, 5.41) is 9.68. The van der Waals surface area contributed by atoms with Crippen LogP contribution in [0.1, 0.15) is 18.4 Å². The number of phenols is 1. The van der Waals surface area contributed by atoms with Crippen molar-refractivity contribution >= 4 is 11.8 Å². The Bertz CT molecular complexity index is 325. The van der Waals surface area contributed by atoms with Crippen LogP contribution in [0.25, 0.3) is 0 Å². The van der Waals surface area contributed by atoms with Gasteiger partial charge in [-0.1, -0.05) is 6.07 Å². The summed E-state index contributed by atoms with van der Waals surface area (Å²) in [4.78, 5) is 1.18. The van der Waals surface area contributed by atoms with E-state index in [1.54, 1.807) is 17.8 Å². The molecule has 1 aliphatic rings. The van der Waals surface area contributed by atoms with Crippen molar-refractivity contribution in [2.75, 3.05) is 5.75 Å². The van der Waals surface area contributed by atoms with Crippen LogP contribution in [0.15, 0.2) is 23.1 Å². The average molecular weight is 195 g/mol. The van der Waals surface area contributed by atoms with Crippen LogP contribution in [-0.2, 0) is 0 Å². The molecule has 0 bridgehead atoms. The van der Waals surface area contributed by atoms with Gasteiger partial charge in [-0.15, -0.1) is 11.8 Å². The fourth-order valence-electron chi connectivity index (χ4n) is 1.71. The molecule has 2 rings (SSSR count). The molecular formula is C10H13NOS. The van der Waals surface area contributed by atoms with Crippen LogP contribution in [0.2, 0.25) is 0 Å². The largest absolute Gasteiger partial charge is 0.508 e. The third kappa shape index (κ3) is 1.42. The van der Waals surface area contributed by atoms with Gasteiger partial charge in [-0.05, 0) is 19.1 Å². The van der Waals surface area contributed by atoms with Crippen molar-refractivity contribution in [3.63, 3.8) is 0 Å². The molecule has 3 N–H and O–H groups in total. The Morgan fingerprint density at radius 3 is 3.08 bits per heavy atom. The molecule has 0 fully saturated rings. The Kier molecular flexibility index (Phi) is 2.22. The molecule has 70 valence electrons. The lowest BCUT2D eigenvalue weighted by Crippen LogP contribution is -2.24. The fraction of sp³-hybridized carbons (Fsp3) is 0.400. The minimum atomic E-state index is 0.113. The molecule has 0 spiro atoms. The number of rotatable bonds is 1. The van der Waals surface area contributed by atoms with E-state index < -0.39 is 0 Å². The SMILES string of the molecule is CC(N)C1CSc2cccc(O)c21. The lowest BCUT2D eigenvalue weighted by Gasteiger charge is -2.15. The van der Waals surface area contributed by atoms with Gasteiger partial charge in [-0.2, -0.15) is 0 Å². The minimum absolute atomic E-state index is 0.113. The summed E-state index contributed by atoms with van der Waals surface area (Å²) < 4.78 is 0. The van der Waals surface area contributed by atoms with Gasteiger partial charge in [-0.3, -0.25) is 0 Å². The van der Waals surface area contributed by atoms with Crippen molar-refractivity contribution in [3.05, 3.63) is 23.8 Å². The maximum atomic E-state index is 9.68. The van der Waals surface area contributed by atoms with Crippen molar-refractivity contribution in [1.82, 2.24) is 0 Å². The van der Waals surface area contributed by atoms with E-state index in [9.17, 15) is 5.11 Å². The van der Waals surface area contributed by atoms with E-state index in [0.717, 1.165) is 11.3 Å². The first kappa shape index (κ1) is 8.91. The molecule has 0 amide bonds. The van der Waals surface area contributed by atoms with Gasteiger partial charge in [0.15, 0.2) is 0 Å². The van der Waals surface area contributed by atoms with Crippen LogP contribution < -0.4 is 5.73 Å². The molecule has 1 aromatic carbocycles. The topological polar surface area (TPSA) is 46.2 Å².